The standard InChI is InChI=1S/C20H37NOSi/c1-15-11-16(2)18(17(3)12-15)21-13-20(7,8)14-22-23(9,10)19(4,5)6/h11-12,21H,13-14H2,1-10H3. The molecule has 0 spiro atoms. The van der Waals surface area contributed by atoms with Crippen LogP contribution in [0.25, 0.3) is 0 Å². The number of rotatable bonds is 6. The summed E-state index contributed by atoms with van der Waals surface area (Å²) in [4.78, 5) is 0. The van der Waals surface area contributed by atoms with Crippen molar-refractivity contribution in [3.05, 3.63) is 28.8 Å². The van der Waals surface area contributed by atoms with Gasteiger partial charge in [-0.1, -0.05) is 52.3 Å². The van der Waals surface area contributed by atoms with Crippen LogP contribution < -0.4 is 5.32 Å². The van der Waals surface area contributed by atoms with E-state index in [2.05, 4.69) is 85.9 Å². The van der Waals surface area contributed by atoms with Gasteiger partial charge in [0.1, 0.15) is 0 Å². The van der Waals surface area contributed by atoms with Gasteiger partial charge in [0.2, 0.25) is 0 Å². The quantitative estimate of drug-likeness (QED) is 0.637. The minimum atomic E-state index is -1.68. The first kappa shape index (κ1) is 20.2. The number of hydrogen-bond donors (Lipinski definition) is 1. The predicted molar refractivity (Wildman–Crippen MR) is 106 cm³/mol. The van der Waals surface area contributed by atoms with Crippen molar-refractivity contribution in [2.24, 2.45) is 5.41 Å². The second-order valence-corrected chi connectivity index (χ2v) is 14.1. The Morgan fingerprint density at radius 3 is 1.87 bits per heavy atom. The van der Waals surface area contributed by atoms with Crippen LogP contribution in [0.2, 0.25) is 18.1 Å². The summed E-state index contributed by atoms with van der Waals surface area (Å²) in [6.45, 7) is 24.3. The van der Waals surface area contributed by atoms with Crippen LogP contribution in [0.1, 0.15) is 51.3 Å². The lowest BCUT2D eigenvalue weighted by molar-refractivity contribution is 0.175. The lowest BCUT2D eigenvalue weighted by Crippen LogP contribution is -2.44. The molecule has 0 bridgehead atoms. The number of benzene rings is 1. The molecule has 1 N–H and O–H groups in total. The molecule has 0 aromatic heterocycles. The average Bonchev–Trinajstić information content (AvgIpc) is 2.34. The first-order valence-corrected chi connectivity index (χ1v) is 11.6. The number of anilines is 1. The zero-order valence-corrected chi connectivity index (χ0v) is 18.0. The molecule has 0 amide bonds. The summed E-state index contributed by atoms with van der Waals surface area (Å²) in [5.41, 5.74) is 5.36. The van der Waals surface area contributed by atoms with Gasteiger partial charge in [0.25, 0.3) is 0 Å². The molecule has 132 valence electrons. The summed E-state index contributed by atoms with van der Waals surface area (Å²) >= 11 is 0. The third-order valence-electron chi connectivity index (χ3n) is 5.05. The van der Waals surface area contributed by atoms with Crippen LogP contribution in [-0.4, -0.2) is 21.5 Å². The van der Waals surface area contributed by atoms with E-state index in [1.54, 1.807) is 0 Å². The van der Waals surface area contributed by atoms with Gasteiger partial charge in [-0.05, 0) is 50.0 Å². The third-order valence-corrected chi connectivity index (χ3v) is 9.53. The summed E-state index contributed by atoms with van der Waals surface area (Å²) < 4.78 is 6.43. The van der Waals surface area contributed by atoms with Gasteiger partial charge < -0.3 is 9.74 Å². The molecule has 0 heterocycles. The minimum Gasteiger partial charge on any atom is -0.416 e. The molecule has 0 atom stereocenters. The molecule has 1 aromatic rings. The van der Waals surface area contributed by atoms with Crippen molar-refractivity contribution >= 4 is 14.0 Å². The SMILES string of the molecule is Cc1cc(C)c(NCC(C)(C)CO[Si](C)(C)C(C)(C)C)c(C)c1. The van der Waals surface area contributed by atoms with Crippen LogP contribution in [-0.2, 0) is 4.43 Å². The molecule has 0 saturated heterocycles. The Labute approximate surface area is 145 Å². The Balaban J connectivity index is 2.70. The first-order chi connectivity index (χ1) is 10.3. The van der Waals surface area contributed by atoms with E-state index in [0.29, 0.717) is 0 Å². The molecule has 1 aromatic carbocycles. The zero-order chi connectivity index (χ0) is 18.1. The molecule has 1 rings (SSSR count). The van der Waals surface area contributed by atoms with Crippen LogP contribution in [0.3, 0.4) is 0 Å². The largest absolute Gasteiger partial charge is 0.416 e. The van der Waals surface area contributed by atoms with E-state index in [9.17, 15) is 0 Å². The highest BCUT2D eigenvalue weighted by molar-refractivity contribution is 6.74. The zero-order valence-electron chi connectivity index (χ0n) is 17.0. The van der Waals surface area contributed by atoms with Crippen molar-refractivity contribution < 1.29 is 4.43 Å². The Hall–Kier alpha value is -0.803. The van der Waals surface area contributed by atoms with Gasteiger partial charge in [0.05, 0.1) is 0 Å². The van der Waals surface area contributed by atoms with E-state index in [-0.39, 0.29) is 10.5 Å². The van der Waals surface area contributed by atoms with Crippen LogP contribution in [0.15, 0.2) is 12.1 Å². The van der Waals surface area contributed by atoms with E-state index in [1.165, 1.54) is 22.4 Å². The van der Waals surface area contributed by atoms with Gasteiger partial charge in [-0.2, -0.15) is 0 Å². The number of hydrogen-bond acceptors (Lipinski definition) is 2. The van der Waals surface area contributed by atoms with Gasteiger partial charge in [0, 0.05) is 24.3 Å². The molecule has 0 aliphatic heterocycles. The second-order valence-electron chi connectivity index (χ2n) is 9.34. The lowest BCUT2D eigenvalue weighted by atomic mass is 9.94. The molecule has 23 heavy (non-hydrogen) atoms. The fraction of sp³-hybridized carbons (Fsp3) is 0.700. The fourth-order valence-electron chi connectivity index (χ4n) is 2.43. The van der Waals surface area contributed by atoms with E-state index in [0.717, 1.165) is 13.2 Å². The fourth-order valence-corrected chi connectivity index (χ4v) is 3.61. The Morgan fingerprint density at radius 2 is 1.43 bits per heavy atom. The maximum absolute atomic E-state index is 6.43. The highest BCUT2D eigenvalue weighted by atomic mass is 28.4. The highest BCUT2D eigenvalue weighted by Crippen LogP contribution is 2.37. The monoisotopic (exact) mass is 335 g/mol. The Bertz CT molecular complexity index is 518. The molecular weight excluding hydrogens is 298 g/mol. The summed E-state index contributed by atoms with van der Waals surface area (Å²) in [5.74, 6) is 0. The third kappa shape index (κ3) is 5.65. The first-order valence-electron chi connectivity index (χ1n) is 8.71. The van der Waals surface area contributed by atoms with E-state index < -0.39 is 8.32 Å². The molecule has 0 fully saturated rings. The summed E-state index contributed by atoms with van der Waals surface area (Å²) in [5, 5.41) is 3.92. The van der Waals surface area contributed by atoms with E-state index in [1.807, 2.05) is 0 Å². The summed E-state index contributed by atoms with van der Waals surface area (Å²) in [6.07, 6.45) is 0. The molecule has 0 aliphatic rings. The molecule has 0 saturated carbocycles. The van der Waals surface area contributed by atoms with Gasteiger partial charge >= 0.3 is 0 Å². The highest BCUT2D eigenvalue weighted by Gasteiger charge is 2.38. The van der Waals surface area contributed by atoms with Crippen molar-refractivity contribution in [2.75, 3.05) is 18.5 Å². The minimum absolute atomic E-state index is 0.110. The maximum Gasteiger partial charge on any atom is 0.192 e. The predicted octanol–water partition coefficient (Wildman–Crippen LogP) is 6.07. The summed E-state index contributed by atoms with van der Waals surface area (Å²) in [6, 6.07) is 4.49. The maximum atomic E-state index is 6.43. The average molecular weight is 336 g/mol. The van der Waals surface area contributed by atoms with Crippen molar-refractivity contribution in [3.8, 4) is 0 Å². The topological polar surface area (TPSA) is 21.3 Å². The van der Waals surface area contributed by atoms with Crippen molar-refractivity contribution in [3.63, 3.8) is 0 Å². The Kier molecular flexibility index (Phi) is 6.14. The molecule has 0 radical (unpaired) electrons. The van der Waals surface area contributed by atoms with Crippen LogP contribution in [0.5, 0.6) is 0 Å². The van der Waals surface area contributed by atoms with Gasteiger partial charge in [-0.15, -0.1) is 0 Å². The normalized spacial score (nSPS) is 13.3. The van der Waals surface area contributed by atoms with Gasteiger partial charge in [-0.3, -0.25) is 0 Å². The van der Waals surface area contributed by atoms with Crippen LogP contribution in [0.4, 0.5) is 5.69 Å². The Morgan fingerprint density at radius 1 is 0.957 bits per heavy atom. The van der Waals surface area contributed by atoms with Crippen molar-refractivity contribution in [1.29, 1.82) is 0 Å². The molecule has 0 unspecified atom stereocenters. The second kappa shape index (κ2) is 6.98. The van der Waals surface area contributed by atoms with Gasteiger partial charge in [-0.25, -0.2) is 0 Å². The molecule has 2 nitrogen and oxygen atoms in total. The van der Waals surface area contributed by atoms with Crippen LogP contribution >= 0.6 is 0 Å². The van der Waals surface area contributed by atoms with E-state index >= 15 is 0 Å². The molecular formula is C20H37NOSi. The lowest BCUT2D eigenvalue weighted by Gasteiger charge is -2.39. The molecule has 3 heteroatoms. The van der Waals surface area contributed by atoms with Gasteiger partial charge in [0.15, 0.2) is 8.32 Å². The number of aryl methyl sites for hydroxylation is 3. The summed E-state index contributed by atoms with van der Waals surface area (Å²) in [7, 11) is -1.68. The number of nitrogens with one attached hydrogen (secondary N) is 1. The van der Waals surface area contributed by atoms with Crippen LogP contribution in [0, 0.1) is 26.2 Å². The van der Waals surface area contributed by atoms with Crippen molar-refractivity contribution in [1.82, 2.24) is 0 Å². The van der Waals surface area contributed by atoms with E-state index in [4.69, 9.17) is 4.43 Å². The van der Waals surface area contributed by atoms with Crippen molar-refractivity contribution in [2.45, 2.75) is 73.5 Å². The molecule has 0 aliphatic carbocycles. The smallest absolute Gasteiger partial charge is 0.192 e.